The summed E-state index contributed by atoms with van der Waals surface area (Å²) in [5.74, 6) is 1.17. The zero-order valence-electron chi connectivity index (χ0n) is 10.2. The van der Waals surface area contributed by atoms with Crippen molar-refractivity contribution in [1.82, 2.24) is 0 Å². The summed E-state index contributed by atoms with van der Waals surface area (Å²) in [5, 5.41) is 9.55. The average Bonchev–Trinajstić information content (AvgIpc) is 2.23. The number of hydrogen-bond donors (Lipinski definition) is 2. The first-order valence-electron chi connectivity index (χ1n) is 5.74. The second-order valence-electron chi connectivity index (χ2n) is 4.35. The van der Waals surface area contributed by atoms with Crippen molar-refractivity contribution in [2.75, 3.05) is 6.61 Å². The molecule has 0 aliphatic rings. The van der Waals surface area contributed by atoms with E-state index in [4.69, 9.17) is 10.5 Å². The summed E-state index contributed by atoms with van der Waals surface area (Å²) in [7, 11) is 0. The van der Waals surface area contributed by atoms with Crippen LogP contribution < -0.4 is 10.5 Å². The molecule has 0 heterocycles. The van der Waals surface area contributed by atoms with Gasteiger partial charge in [-0.2, -0.15) is 0 Å². The Hall–Kier alpha value is -1.22. The van der Waals surface area contributed by atoms with Gasteiger partial charge in [0.25, 0.3) is 0 Å². The summed E-state index contributed by atoms with van der Waals surface area (Å²) in [6, 6.07) is 5.55. The van der Waals surface area contributed by atoms with E-state index in [1.54, 1.807) is 6.07 Å². The molecule has 0 bridgehead atoms. The van der Waals surface area contributed by atoms with Gasteiger partial charge in [0.05, 0.1) is 6.61 Å². The number of aromatic hydroxyl groups is 1. The molecular weight excluding hydrogens is 202 g/mol. The van der Waals surface area contributed by atoms with Gasteiger partial charge in [0.2, 0.25) is 0 Å². The van der Waals surface area contributed by atoms with Gasteiger partial charge >= 0.3 is 0 Å². The molecule has 1 rings (SSSR count). The lowest BCUT2D eigenvalue weighted by Gasteiger charge is -2.16. The van der Waals surface area contributed by atoms with Gasteiger partial charge in [-0.25, -0.2) is 0 Å². The molecule has 0 radical (unpaired) electrons. The van der Waals surface area contributed by atoms with Gasteiger partial charge in [0, 0.05) is 6.04 Å². The van der Waals surface area contributed by atoms with Crippen molar-refractivity contribution in [3.63, 3.8) is 0 Å². The smallest absolute Gasteiger partial charge is 0.161 e. The van der Waals surface area contributed by atoms with E-state index in [1.165, 1.54) is 0 Å². The highest BCUT2D eigenvalue weighted by Gasteiger charge is 2.10. The predicted octanol–water partition coefficient (Wildman–Crippen LogP) is 2.32. The van der Waals surface area contributed by atoms with Crippen molar-refractivity contribution in [2.24, 2.45) is 11.7 Å². The van der Waals surface area contributed by atoms with E-state index in [0.717, 1.165) is 12.0 Å². The quantitative estimate of drug-likeness (QED) is 0.805. The zero-order valence-corrected chi connectivity index (χ0v) is 10.2. The van der Waals surface area contributed by atoms with Crippen molar-refractivity contribution < 1.29 is 9.84 Å². The minimum Gasteiger partial charge on any atom is -0.504 e. The highest BCUT2D eigenvalue weighted by molar-refractivity contribution is 5.42. The Bertz CT molecular complexity index is 337. The van der Waals surface area contributed by atoms with E-state index in [2.05, 4.69) is 13.8 Å². The number of rotatable bonds is 5. The first kappa shape index (κ1) is 12.8. The van der Waals surface area contributed by atoms with Gasteiger partial charge < -0.3 is 15.6 Å². The van der Waals surface area contributed by atoms with Gasteiger partial charge in [-0.1, -0.05) is 19.9 Å². The summed E-state index contributed by atoms with van der Waals surface area (Å²) in [6.45, 7) is 6.66. The first-order valence-corrected chi connectivity index (χ1v) is 5.74. The molecule has 0 saturated carbocycles. The molecule has 0 spiro atoms. The molecular formula is C13H21NO2. The van der Waals surface area contributed by atoms with Crippen LogP contribution in [-0.4, -0.2) is 17.8 Å². The molecule has 1 aromatic rings. The average molecular weight is 223 g/mol. The van der Waals surface area contributed by atoms with E-state index in [0.29, 0.717) is 18.3 Å². The highest BCUT2D eigenvalue weighted by Crippen LogP contribution is 2.27. The Morgan fingerprint density at radius 2 is 2.06 bits per heavy atom. The monoisotopic (exact) mass is 223 g/mol. The van der Waals surface area contributed by atoms with E-state index >= 15 is 0 Å². The summed E-state index contributed by atoms with van der Waals surface area (Å²) in [5.41, 5.74) is 7.11. The third-order valence-corrected chi connectivity index (χ3v) is 2.65. The maximum Gasteiger partial charge on any atom is 0.161 e. The van der Waals surface area contributed by atoms with Crippen LogP contribution in [0.2, 0.25) is 0 Å². The SMILES string of the molecule is CCOc1cc(CC(N)C(C)C)ccc1O. The topological polar surface area (TPSA) is 55.5 Å². The fraction of sp³-hybridized carbons (Fsp3) is 0.538. The summed E-state index contributed by atoms with van der Waals surface area (Å²) in [6.07, 6.45) is 0.804. The number of ether oxygens (including phenoxy) is 1. The van der Waals surface area contributed by atoms with Gasteiger partial charge in [0.15, 0.2) is 11.5 Å². The summed E-state index contributed by atoms with van der Waals surface area (Å²) >= 11 is 0. The molecule has 0 aromatic heterocycles. The van der Waals surface area contributed by atoms with Gasteiger partial charge in [-0.3, -0.25) is 0 Å². The molecule has 3 N–H and O–H groups in total. The maximum atomic E-state index is 9.55. The van der Waals surface area contributed by atoms with Crippen LogP contribution in [-0.2, 0) is 6.42 Å². The van der Waals surface area contributed by atoms with Crippen LogP contribution >= 0.6 is 0 Å². The van der Waals surface area contributed by atoms with E-state index in [9.17, 15) is 5.11 Å². The molecule has 1 unspecified atom stereocenters. The van der Waals surface area contributed by atoms with Crippen LogP contribution in [0.5, 0.6) is 11.5 Å². The van der Waals surface area contributed by atoms with Gasteiger partial charge in [-0.15, -0.1) is 0 Å². The maximum absolute atomic E-state index is 9.55. The van der Waals surface area contributed by atoms with Crippen molar-refractivity contribution >= 4 is 0 Å². The van der Waals surface area contributed by atoms with Crippen molar-refractivity contribution in [1.29, 1.82) is 0 Å². The molecule has 0 saturated heterocycles. The number of phenols is 1. The van der Waals surface area contributed by atoms with E-state index in [1.807, 2.05) is 19.1 Å². The van der Waals surface area contributed by atoms with Crippen molar-refractivity contribution in [2.45, 2.75) is 33.2 Å². The Balaban J connectivity index is 2.78. The Labute approximate surface area is 97.2 Å². The third-order valence-electron chi connectivity index (χ3n) is 2.65. The van der Waals surface area contributed by atoms with Gasteiger partial charge in [0.1, 0.15) is 0 Å². The summed E-state index contributed by atoms with van der Waals surface area (Å²) in [4.78, 5) is 0. The lowest BCUT2D eigenvalue weighted by molar-refractivity contribution is 0.317. The molecule has 0 fully saturated rings. The summed E-state index contributed by atoms with van der Waals surface area (Å²) < 4.78 is 5.33. The minimum atomic E-state index is 0.138. The van der Waals surface area contributed by atoms with E-state index in [-0.39, 0.29) is 11.8 Å². The Morgan fingerprint density at radius 1 is 1.38 bits per heavy atom. The highest BCUT2D eigenvalue weighted by atomic mass is 16.5. The number of nitrogens with two attached hydrogens (primary N) is 1. The zero-order chi connectivity index (χ0) is 12.1. The van der Waals surface area contributed by atoms with Crippen molar-refractivity contribution in [3.8, 4) is 11.5 Å². The van der Waals surface area contributed by atoms with Crippen LogP contribution in [0.4, 0.5) is 0 Å². The molecule has 0 amide bonds. The van der Waals surface area contributed by atoms with E-state index < -0.39 is 0 Å². The molecule has 0 aliphatic carbocycles. The third kappa shape index (κ3) is 3.42. The molecule has 1 atom stereocenters. The molecule has 16 heavy (non-hydrogen) atoms. The largest absolute Gasteiger partial charge is 0.504 e. The second-order valence-corrected chi connectivity index (χ2v) is 4.35. The van der Waals surface area contributed by atoms with Gasteiger partial charge in [-0.05, 0) is 37.0 Å². The molecule has 0 aliphatic heterocycles. The molecule has 1 aromatic carbocycles. The van der Waals surface area contributed by atoms with Crippen LogP contribution in [0.25, 0.3) is 0 Å². The normalized spacial score (nSPS) is 12.8. The van der Waals surface area contributed by atoms with Crippen LogP contribution in [0.3, 0.4) is 0 Å². The van der Waals surface area contributed by atoms with Crippen LogP contribution in [0.1, 0.15) is 26.3 Å². The first-order chi connectivity index (χ1) is 7.54. The van der Waals surface area contributed by atoms with Crippen LogP contribution in [0.15, 0.2) is 18.2 Å². The fourth-order valence-electron chi connectivity index (χ4n) is 1.46. The molecule has 3 nitrogen and oxygen atoms in total. The number of hydrogen-bond acceptors (Lipinski definition) is 3. The Morgan fingerprint density at radius 3 is 2.62 bits per heavy atom. The Kier molecular flexibility index (Phi) is 4.62. The lowest BCUT2D eigenvalue weighted by atomic mass is 9.97. The number of benzene rings is 1. The second kappa shape index (κ2) is 5.75. The van der Waals surface area contributed by atoms with Crippen LogP contribution in [0, 0.1) is 5.92 Å². The fourth-order valence-corrected chi connectivity index (χ4v) is 1.46. The molecule has 3 heteroatoms. The van der Waals surface area contributed by atoms with Crippen molar-refractivity contribution in [3.05, 3.63) is 23.8 Å². The number of phenolic OH excluding ortho intramolecular Hbond substituents is 1. The lowest BCUT2D eigenvalue weighted by Crippen LogP contribution is -2.28. The standard InChI is InChI=1S/C13H21NO2/c1-4-16-13-8-10(5-6-12(13)15)7-11(14)9(2)3/h5-6,8-9,11,15H,4,7,14H2,1-3H3. The predicted molar refractivity (Wildman–Crippen MR) is 65.8 cm³/mol. The molecule has 90 valence electrons. The minimum absolute atomic E-state index is 0.138.